The molecule has 2 aromatic rings. The summed E-state index contributed by atoms with van der Waals surface area (Å²) in [6.07, 6.45) is 0.770. The van der Waals surface area contributed by atoms with E-state index in [4.69, 9.17) is 9.47 Å². The number of rotatable bonds is 2. The van der Waals surface area contributed by atoms with Crippen LogP contribution in [-0.2, 0) is 11.2 Å². The normalized spacial score (nSPS) is 17.3. The minimum atomic E-state index is -0.694. The molecule has 7 heteroatoms. The van der Waals surface area contributed by atoms with E-state index in [0.717, 1.165) is 0 Å². The molecule has 2 aliphatic rings. The highest BCUT2D eigenvalue weighted by Gasteiger charge is 2.40. The molecule has 0 radical (unpaired) electrons. The van der Waals surface area contributed by atoms with Gasteiger partial charge in [-0.3, -0.25) is 14.4 Å². The predicted octanol–water partition coefficient (Wildman–Crippen LogP) is 2.73. The van der Waals surface area contributed by atoms with Crippen molar-refractivity contribution in [1.29, 1.82) is 0 Å². The van der Waals surface area contributed by atoms with E-state index in [0.29, 0.717) is 12.0 Å². The number of fused-ring (bicyclic) bond motifs is 4. The summed E-state index contributed by atoms with van der Waals surface area (Å²) in [5, 5.41) is 10.5. The fourth-order valence-corrected chi connectivity index (χ4v) is 4.21. The minimum Gasteiger partial charge on any atom is -0.507 e. The molecule has 0 amide bonds. The Morgan fingerprint density at radius 3 is 2.34 bits per heavy atom. The van der Waals surface area contributed by atoms with Crippen LogP contribution in [0.15, 0.2) is 18.2 Å². The lowest BCUT2D eigenvalue weighted by Gasteiger charge is -2.28. The zero-order chi connectivity index (χ0) is 21.0. The molecule has 29 heavy (non-hydrogen) atoms. The zero-order valence-corrected chi connectivity index (χ0v) is 16.1. The van der Waals surface area contributed by atoms with Crippen LogP contribution in [0.4, 0.5) is 0 Å². The van der Waals surface area contributed by atoms with Gasteiger partial charge in [0.15, 0.2) is 11.6 Å². The summed E-state index contributed by atoms with van der Waals surface area (Å²) in [4.78, 5) is 51.4. The zero-order valence-electron chi connectivity index (χ0n) is 16.1. The van der Waals surface area contributed by atoms with Crippen LogP contribution in [0.2, 0.25) is 0 Å². The lowest BCUT2D eigenvalue weighted by atomic mass is 9.74. The first-order valence-electron chi connectivity index (χ1n) is 9.10. The third kappa shape index (κ3) is 2.65. The third-order valence-corrected chi connectivity index (χ3v) is 5.44. The van der Waals surface area contributed by atoms with Gasteiger partial charge in [-0.05, 0) is 36.1 Å². The molecule has 1 atom stereocenters. The molecule has 4 rings (SSSR count). The Balaban J connectivity index is 2.04. The van der Waals surface area contributed by atoms with Crippen LogP contribution in [-0.4, -0.2) is 42.6 Å². The Morgan fingerprint density at radius 2 is 1.69 bits per heavy atom. The SMILES string of the molecule is COC(=O)c1cc(OC)c2c(c1)C(=O)c1c(c(O)cc3c1C(=O)CC(C)C3)C2=O. The maximum absolute atomic E-state index is 13.4. The van der Waals surface area contributed by atoms with Crippen LogP contribution >= 0.6 is 0 Å². The highest BCUT2D eigenvalue weighted by Crippen LogP contribution is 2.42. The number of ether oxygens (including phenoxy) is 2. The molecule has 0 aromatic heterocycles. The molecular formula is C22H18O7. The van der Waals surface area contributed by atoms with Gasteiger partial charge in [-0.15, -0.1) is 0 Å². The maximum atomic E-state index is 13.4. The number of hydrogen-bond donors (Lipinski definition) is 1. The predicted molar refractivity (Wildman–Crippen MR) is 101 cm³/mol. The number of phenols is 1. The Hall–Kier alpha value is -3.48. The number of carbonyl (C=O) groups is 4. The molecule has 0 aliphatic heterocycles. The van der Waals surface area contributed by atoms with Gasteiger partial charge in [0.2, 0.25) is 5.78 Å². The highest BCUT2D eigenvalue weighted by molar-refractivity contribution is 6.33. The van der Waals surface area contributed by atoms with Crippen molar-refractivity contribution in [2.24, 2.45) is 5.92 Å². The Bertz CT molecular complexity index is 1130. The van der Waals surface area contributed by atoms with Crippen molar-refractivity contribution in [2.75, 3.05) is 14.2 Å². The van der Waals surface area contributed by atoms with Gasteiger partial charge < -0.3 is 14.6 Å². The lowest BCUT2D eigenvalue weighted by Crippen LogP contribution is -2.29. The van der Waals surface area contributed by atoms with Crippen molar-refractivity contribution in [3.05, 3.63) is 57.1 Å². The average molecular weight is 394 g/mol. The van der Waals surface area contributed by atoms with Gasteiger partial charge in [0.25, 0.3) is 0 Å². The molecule has 2 aliphatic carbocycles. The van der Waals surface area contributed by atoms with Gasteiger partial charge in [-0.25, -0.2) is 4.79 Å². The van der Waals surface area contributed by atoms with E-state index >= 15 is 0 Å². The van der Waals surface area contributed by atoms with Crippen LogP contribution in [0.25, 0.3) is 0 Å². The number of esters is 1. The maximum Gasteiger partial charge on any atom is 0.338 e. The third-order valence-electron chi connectivity index (χ3n) is 5.44. The van der Waals surface area contributed by atoms with E-state index in [9.17, 15) is 24.3 Å². The van der Waals surface area contributed by atoms with Crippen molar-refractivity contribution in [2.45, 2.75) is 19.8 Å². The number of phenolic OH excluding ortho intramolecular Hbond substituents is 1. The number of hydrogen-bond acceptors (Lipinski definition) is 7. The summed E-state index contributed by atoms with van der Waals surface area (Å²) in [7, 11) is 2.51. The highest BCUT2D eigenvalue weighted by atomic mass is 16.5. The Labute approximate surface area is 166 Å². The van der Waals surface area contributed by atoms with Crippen molar-refractivity contribution >= 4 is 23.3 Å². The number of benzene rings is 2. The largest absolute Gasteiger partial charge is 0.507 e. The van der Waals surface area contributed by atoms with E-state index in [1.807, 2.05) is 6.92 Å². The summed E-state index contributed by atoms with van der Waals surface area (Å²) >= 11 is 0. The number of methoxy groups -OCH3 is 2. The first kappa shape index (κ1) is 18.9. The number of ketones is 3. The van der Waals surface area contributed by atoms with E-state index in [1.54, 1.807) is 0 Å². The van der Waals surface area contributed by atoms with E-state index in [-0.39, 0.29) is 63.0 Å². The summed E-state index contributed by atoms with van der Waals surface area (Å²) in [5.74, 6) is -2.42. The average Bonchev–Trinajstić information content (AvgIpc) is 2.69. The molecule has 7 nitrogen and oxygen atoms in total. The van der Waals surface area contributed by atoms with E-state index < -0.39 is 17.5 Å². The lowest BCUT2D eigenvalue weighted by molar-refractivity contribution is 0.0599. The van der Waals surface area contributed by atoms with Gasteiger partial charge in [0, 0.05) is 23.1 Å². The van der Waals surface area contributed by atoms with E-state index in [1.165, 1.54) is 32.4 Å². The van der Waals surface area contributed by atoms with Gasteiger partial charge >= 0.3 is 5.97 Å². The monoisotopic (exact) mass is 394 g/mol. The fourth-order valence-electron chi connectivity index (χ4n) is 4.21. The molecule has 2 aromatic carbocycles. The Morgan fingerprint density at radius 1 is 0.966 bits per heavy atom. The topological polar surface area (TPSA) is 107 Å². The van der Waals surface area contributed by atoms with Crippen LogP contribution in [0.1, 0.15) is 71.5 Å². The molecule has 0 saturated carbocycles. The number of aromatic hydroxyl groups is 1. The molecular weight excluding hydrogens is 376 g/mol. The summed E-state index contributed by atoms with van der Waals surface area (Å²) in [6.45, 7) is 1.91. The summed E-state index contributed by atoms with van der Waals surface area (Å²) in [6, 6.07) is 3.97. The molecule has 0 spiro atoms. The van der Waals surface area contributed by atoms with Gasteiger partial charge in [0.05, 0.1) is 30.9 Å². The van der Waals surface area contributed by atoms with Crippen molar-refractivity contribution in [1.82, 2.24) is 0 Å². The number of Topliss-reactive ketones (excluding diaryl/α,β-unsaturated/α-hetero) is 1. The standard InChI is InChI=1S/C22H18O7/c1-9-4-10-7-14(24)18-19(16(10)13(23)5-9)20(25)12-6-11(22(27)29-3)8-15(28-2)17(12)21(18)26/h6-9,24H,4-5H2,1-3H3. The first-order valence-corrected chi connectivity index (χ1v) is 9.10. The van der Waals surface area contributed by atoms with Crippen LogP contribution in [0, 0.1) is 5.92 Å². The van der Waals surface area contributed by atoms with Crippen molar-refractivity contribution < 1.29 is 33.8 Å². The second-order valence-electron chi connectivity index (χ2n) is 7.37. The first-order chi connectivity index (χ1) is 13.8. The molecule has 0 saturated heterocycles. The van der Waals surface area contributed by atoms with Crippen LogP contribution in [0.5, 0.6) is 11.5 Å². The summed E-state index contributed by atoms with van der Waals surface area (Å²) < 4.78 is 9.95. The fraction of sp³-hybridized carbons (Fsp3) is 0.273. The number of carbonyl (C=O) groups excluding carboxylic acids is 4. The van der Waals surface area contributed by atoms with Gasteiger partial charge in [0.1, 0.15) is 11.5 Å². The van der Waals surface area contributed by atoms with Crippen molar-refractivity contribution in [3.63, 3.8) is 0 Å². The quantitative estimate of drug-likeness (QED) is 0.666. The molecule has 0 fully saturated rings. The molecule has 0 heterocycles. The molecule has 1 N–H and O–H groups in total. The van der Waals surface area contributed by atoms with Gasteiger partial charge in [-0.1, -0.05) is 6.92 Å². The van der Waals surface area contributed by atoms with Crippen LogP contribution < -0.4 is 4.74 Å². The summed E-state index contributed by atoms with van der Waals surface area (Å²) in [5.41, 5.74) is 0.368. The van der Waals surface area contributed by atoms with E-state index in [2.05, 4.69) is 0 Å². The minimum absolute atomic E-state index is 0.0176. The smallest absolute Gasteiger partial charge is 0.338 e. The Kier molecular flexibility index (Phi) is 4.26. The van der Waals surface area contributed by atoms with Gasteiger partial charge in [-0.2, -0.15) is 0 Å². The second-order valence-corrected chi connectivity index (χ2v) is 7.37. The molecule has 0 bridgehead atoms. The van der Waals surface area contributed by atoms with Crippen LogP contribution in [0.3, 0.4) is 0 Å². The molecule has 1 unspecified atom stereocenters. The molecule has 148 valence electrons. The van der Waals surface area contributed by atoms with Crippen molar-refractivity contribution in [3.8, 4) is 11.5 Å². The second kappa shape index (κ2) is 6.55.